The Morgan fingerprint density at radius 3 is 3.10 bits per heavy atom. The number of carbonyl (C=O) groups is 2. The number of amides is 2. The lowest BCUT2D eigenvalue weighted by molar-refractivity contribution is -0.125. The third kappa shape index (κ3) is 3.41. The van der Waals surface area contributed by atoms with E-state index in [9.17, 15) is 9.59 Å². The standard InChI is InChI=1S/C14H21N5O2/c1-18-6-5-12(17-18)16-13(20)9-19-7-10-3-2-4-11(8-19)15-14(10)21/h5-6,10-11H,2-4,7-9H2,1H3,(H,15,21)(H,16,17,20)/t10-,11+/m1/s1. The molecule has 3 heterocycles. The summed E-state index contributed by atoms with van der Waals surface area (Å²) in [5.74, 6) is 0.637. The molecule has 2 N–H and O–H groups in total. The largest absolute Gasteiger partial charge is 0.352 e. The van der Waals surface area contributed by atoms with Gasteiger partial charge in [0.1, 0.15) is 0 Å². The molecule has 1 aromatic heterocycles. The number of likely N-dealkylation sites (tertiary alicyclic amines) is 1. The SMILES string of the molecule is Cn1ccc(NC(=O)CN2C[C@@H]3CCC[C@H](C2)C(=O)N3)n1. The van der Waals surface area contributed by atoms with E-state index >= 15 is 0 Å². The second-order valence-corrected chi connectivity index (χ2v) is 5.95. The quantitative estimate of drug-likeness (QED) is 0.819. The Kier molecular flexibility index (Phi) is 3.92. The summed E-state index contributed by atoms with van der Waals surface area (Å²) in [4.78, 5) is 26.1. The van der Waals surface area contributed by atoms with Gasteiger partial charge in [-0.05, 0) is 12.8 Å². The maximum absolute atomic E-state index is 12.1. The molecule has 3 rings (SSSR count). The van der Waals surface area contributed by atoms with Crippen molar-refractivity contribution in [2.75, 3.05) is 25.0 Å². The fraction of sp³-hybridized carbons (Fsp3) is 0.643. The van der Waals surface area contributed by atoms with Crippen molar-refractivity contribution in [3.05, 3.63) is 12.3 Å². The van der Waals surface area contributed by atoms with Crippen LogP contribution >= 0.6 is 0 Å². The molecule has 7 heteroatoms. The highest BCUT2D eigenvalue weighted by molar-refractivity contribution is 5.91. The topological polar surface area (TPSA) is 79.3 Å². The zero-order valence-corrected chi connectivity index (χ0v) is 12.2. The molecule has 0 spiro atoms. The molecule has 2 aliphatic heterocycles. The Hall–Kier alpha value is -1.89. The third-order valence-electron chi connectivity index (χ3n) is 4.13. The number of rotatable bonds is 3. The van der Waals surface area contributed by atoms with Gasteiger partial charge in [0.05, 0.1) is 12.5 Å². The minimum atomic E-state index is -0.0823. The molecule has 0 saturated carbocycles. The van der Waals surface area contributed by atoms with Crippen molar-refractivity contribution in [3.8, 4) is 0 Å². The zero-order valence-electron chi connectivity index (χ0n) is 12.2. The van der Waals surface area contributed by atoms with Crippen molar-refractivity contribution in [3.63, 3.8) is 0 Å². The van der Waals surface area contributed by atoms with E-state index in [2.05, 4.69) is 20.6 Å². The summed E-state index contributed by atoms with van der Waals surface area (Å²) in [6.07, 6.45) is 4.79. The zero-order chi connectivity index (χ0) is 14.8. The van der Waals surface area contributed by atoms with E-state index in [1.54, 1.807) is 16.9 Å². The number of carbonyl (C=O) groups excluding carboxylic acids is 2. The summed E-state index contributed by atoms with van der Waals surface area (Å²) in [7, 11) is 1.81. The summed E-state index contributed by atoms with van der Waals surface area (Å²) in [6, 6.07) is 1.94. The molecule has 0 unspecified atom stereocenters. The lowest BCUT2D eigenvalue weighted by Crippen LogP contribution is -2.42. The molecule has 2 amide bonds. The van der Waals surface area contributed by atoms with E-state index < -0.39 is 0 Å². The highest BCUT2D eigenvalue weighted by Gasteiger charge is 2.33. The molecule has 2 saturated heterocycles. The van der Waals surface area contributed by atoms with Crippen LogP contribution in [-0.2, 0) is 16.6 Å². The monoisotopic (exact) mass is 291 g/mol. The van der Waals surface area contributed by atoms with Crippen LogP contribution in [0.2, 0.25) is 0 Å². The van der Waals surface area contributed by atoms with Gasteiger partial charge in [0.15, 0.2) is 5.82 Å². The van der Waals surface area contributed by atoms with E-state index in [0.717, 1.165) is 25.8 Å². The maximum atomic E-state index is 12.1. The van der Waals surface area contributed by atoms with E-state index in [1.165, 1.54) is 0 Å². The van der Waals surface area contributed by atoms with Crippen LogP contribution in [0.3, 0.4) is 0 Å². The van der Waals surface area contributed by atoms with Crippen molar-refractivity contribution < 1.29 is 9.59 Å². The van der Waals surface area contributed by atoms with Gasteiger partial charge in [0, 0.05) is 38.4 Å². The molecular weight excluding hydrogens is 270 g/mol. The van der Waals surface area contributed by atoms with Gasteiger partial charge in [-0.25, -0.2) is 0 Å². The van der Waals surface area contributed by atoms with Crippen molar-refractivity contribution in [2.24, 2.45) is 13.0 Å². The predicted molar refractivity (Wildman–Crippen MR) is 77.5 cm³/mol. The fourth-order valence-corrected chi connectivity index (χ4v) is 3.14. The van der Waals surface area contributed by atoms with Crippen LogP contribution in [0.4, 0.5) is 5.82 Å². The Morgan fingerprint density at radius 1 is 1.48 bits per heavy atom. The minimum absolute atomic E-state index is 0.0140. The van der Waals surface area contributed by atoms with Crippen LogP contribution in [0.1, 0.15) is 19.3 Å². The maximum Gasteiger partial charge on any atom is 0.239 e. The molecule has 0 aromatic carbocycles. The van der Waals surface area contributed by atoms with Gasteiger partial charge in [0.2, 0.25) is 11.8 Å². The van der Waals surface area contributed by atoms with Crippen LogP contribution in [0.25, 0.3) is 0 Å². The predicted octanol–water partition coefficient (Wildman–Crippen LogP) is -0.0409. The van der Waals surface area contributed by atoms with Crippen molar-refractivity contribution in [2.45, 2.75) is 25.3 Å². The van der Waals surface area contributed by atoms with E-state index in [0.29, 0.717) is 18.9 Å². The van der Waals surface area contributed by atoms with Gasteiger partial charge >= 0.3 is 0 Å². The number of fused-ring (bicyclic) bond motifs is 3. The molecule has 0 aliphatic carbocycles. The Bertz CT molecular complexity index is 541. The number of hydrogen-bond acceptors (Lipinski definition) is 4. The second kappa shape index (κ2) is 5.85. The first-order valence-electron chi connectivity index (χ1n) is 7.42. The number of aryl methyl sites for hydroxylation is 1. The van der Waals surface area contributed by atoms with E-state index in [1.807, 2.05) is 7.05 Å². The van der Waals surface area contributed by atoms with E-state index in [4.69, 9.17) is 0 Å². The second-order valence-electron chi connectivity index (χ2n) is 5.95. The highest BCUT2D eigenvalue weighted by atomic mass is 16.2. The molecule has 2 atom stereocenters. The normalized spacial score (nSPS) is 26.0. The Labute approximate surface area is 123 Å². The molecular formula is C14H21N5O2. The molecule has 2 aliphatic rings. The lowest BCUT2D eigenvalue weighted by Gasteiger charge is -2.26. The van der Waals surface area contributed by atoms with E-state index in [-0.39, 0.29) is 23.8 Å². The molecule has 21 heavy (non-hydrogen) atoms. The van der Waals surface area contributed by atoms with Gasteiger partial charge in [-0.3, -0.25) is 19.2 Å². The van der Waals surface area contributed by atoms with Gasteiger partial charge in [0.25, 0.3) is 0 Å². The van der Waals surface area contributed by atoms with Crippen LogP contribution in [0.5, 0.6) is 0 Å². The summed E-state index contributed by atoms with van der Waals surface area (Å²) in [5, 5.41) is 9.99. The number of nitrogens with one attached hydrogen (secondary N) is 2. The first-order chi connectivity index (χ1) is 10.1. The molecule has 1 aromatic rings. The minimum Gasteiger partial charge on any atom is -0.352 e. The van der Waals surface area contributed by atoms with Gasteiger partial charge in [-0.1, -0.05) is 6.42 Å². The van der Waals surface area contributed by atoms with Crippen molar-refractivity contribution in [1.82, 2.24) is 20.0 Å². The number of hydrogen-bond donors (Lipinski definition) is 2. The lowest BCUT2D eigenvalue weighted by atomic mass is 9.99. The first kappa shape index (κ1) is 14.1. The van der Waals surface area contributed by atoms with Gasteiger partial charge in [-0.2, -0.15) is 5.10 Å². The highest BCUT2D eigenvalue weighted by Crippen LogP contribution is 2.21. The summed E-state index contributed by atoms with van der Waals surface area (Å²) in [5.41, 5.74) is 0. The van der Waals surface area contributed by atoms with Gasteiger partial charge in [-0.15, -0.1) is 0 Å². The number of aromatic nitrogens is 2. The van der Waals surface area contributed by atoms with Crippen LogP contribution in [-0.4, -0.2) is 52.2 Å². The summed E-state index contributed by atoms with van der Waals surface area (Å²) < 4.78 is 1.65. The summed E-state index contributed by atoms with van der Waals surface area (Å²) in [6.45, 7) is 1.72. The van der Waals surface area contributed by atoms with Crippen molar-refractivity contribution in [1.29, 1.82) is 0 Å². The number of nitrogens with zero attached hydrogens (tertiary/aromatic N) is 3. The molecule has 114 valence electrons. The smallest absolute Gasteiger partial charge is 0.239 e. The molecule has 2 fully saturated rings. The average Bonchev–Trinajstić information content (AvgIpc) is 2.63. The number of anilines is 1. The van der Waals surface area contributed by atoms with Crippen LogP contribution in [0, 0.1) is 5.92 Å². The molecule has 0 radical (unpaired) electrons. The Balaban J connectivity index is 1.59. The third-order valence-corrected chi connectivity index (χ3v) is 4.13. The molecule has 7 nitrogen and oxygen atoms in total. The van der Waals surface area contributed by atoms with Gasteiger partial charge < -0.3 is 10.6 Å². The summed E-state index contributed by atoms with van der Waals surface area (Å²) >= 11 is 0. The fourth-order valence-electron chi connectivity index (χ4n) is 3.14. The first-order valence-corrected chi connectivity index (χ1v) is 7.42. The average molecular weight is 291 g/mol. The van der Waals surface area contributed by atoms with Crippen LogP contribution < -0.4 is 10.6 Å². The molecule has 2 bridgehead atoms. The van der Waals surface area contributed by atoms with Crippen LogP contribution in [0.15, 0.2) is 12.3 Å². The van der Waals surface area contributed by atoms with Crippen molar-refractivity contribution >= 4 is 17.6 Å². The Morgan fingerprint density at radius 2 is 2.33 bits per heavy atom.